The van der Waals surface area contributed by atoms with Crippen molar-refractivity contribution in [2.45, 2.75) is 129 Å². The number of nitrogens with one attached hydrogen (secondary N) is 7. The van der Waals surface area contributed by atoms with Gasteiger partial charge in [-0.15, -0.1) is 0 Å². The molecular formula is C51H68N16O6. The molecule has 0 radical (unpaired) electrons. The molecule has 388 valence electrons. The second kappa shape index (κ2) is 22.3. The van der Waals surface area contributed by atoms with Gasteiger partial charge in [-0.3, -0.25) is 14.5 Å². The van der Waals surface area contributed by atoms with Gasteiger partial charge in [0.15, 0.2) is 11.3 Å². The first-order chi connectivity index (χ1) is 35.1. The Morgan fingerprint density at radius 3 is 1.53 bits per heavy atom. The quantitative estimate of drug-likeness (QED) is 0.0561. The van der Waals surface area contributed by atoms with Gasteiger partial charge in [0, 0.05) is 78.9 Å². The Kier molecular flexibility index (Phi) is 15.5. The molecule has 2 aromatic carbocycles. The summed E-state index contributed by atoms with van der Waals surface area (Å²) in [6.07, 6.45) is 8.27. The third-order valence-electron chi connectivity index (χ3n) is 13.0. The molecular weight excluding hydrogens is 933 g/mol. The maximum atomic E-state index is 13.0. The number of hydrogen-bond donors (Lipinski definition) is 7. The number of rotatable bonds is 14. The Balaban J connectivity index is 0.000000183. The highest BCUT2D eigenvalue weighted by atomic mass is 16.6. The molecule has 0 bridgehead atoms. The van der Waals surface area contributed by atoms with E-state index < -0.39 is 17.7 Å². The Morgan fingerprint density at radius 2 is 1.12 bits per heavy atom. The lowest BCUT2D eigenvalue weighted by molar-refractivity contribution is -0.125. The minimum absolute atomic E-state index is 0.0144. The zero-order valence-electron chi connectivity index (χ0n) is 42.7. The Morgan fingerprint density at radius 1 is 0.658 bits per heavy atom. The van der Waals surface area contributed by atoms with E-state index in [9.17, 15) is 14.4 Å². The van der Waals surface area contributed by atoms with E-state index in [-0.39, 0.29) is 41.8 Å². The lowest BCUT2D eigenvalue weighted by atomic mass is 10.0. The standard InChI is InChI=1S/C28H38N8O4.C23H30N8O2/c1-17(2)21-16-29-36-23(21)33-25(31-18-10-13-39-14-11-18)34-26(36)32-20-8-6-7-19(15-20)30-24(37)22-9-12-35(22)27(38)40-28(3,4)5;1-14(2)18-13-25-31-20(18)29-22(27-15-7-10-33-11-8-15)30-23(31)28-17-5-3-4-16(12-17)26-21(32)19-6-9-24-19/h6-8,15-18,22H,9-14H2,1-5H3,(H,30,37)(H2,31,32,33,34);3-5,12-15,19,24H,6-11H2,1-2H3,(H,26,32)(H2,27,28,29,30). The molecule has 2 unspecified atom stereocenters. The topological polar surface area (TPSA) is 253 Å². The largest absolute Gasteiger partial charge is 0.444 e. The van der Waals surface area contributed by atoms with Crippen LogP contribution >= 0.6 is 0 Å². The van der Waals surface area contributed by atoms with Crippen LogP contribution in [0, 0.1) is 0 Å². The molecule has 7 N–H and O–H groups in total. The molecule has 0 saturated carbocycles. The van der Waals surface area contributed by atoms with Crippen LogP contribution in [0.3, 0.4) is 0 Å². The summed E-state index contributed by atoms with van der Waals surface area (Å²) in [5.41, 5.74) is 5.82. The Hall–Kier alpha value is -7.17. The van der Waals surface area contributed by atoms with Crippen LogP contribution in [0.1, 0.15) is 110 Å². The summed E-state index contributed by atoms with van der Waals surface area (Å²) in [6, 6.07) is 14.8. The number of hydrogen-bond acceptors (Lipinski definition) is 17. The van der Waals surface area contributed by atoms with Crippen LogP contribution in [0.25, 0.3) is 11.3 Å². The molecule has 0 aliphatic carbocycles. The first kappa shape index (κ1) is 50.8. The molecule has 8 heterocycles. The molecule has 73 heavy (non-hydrogen) atoms. The van der Waals surface area contributed by atoms with E-state index in [1.807, 2.05) is 54.9 Å². The SMILES string of the molecule is CC(C)c1cnn2c(Nc3cccc(NC(=O)C4CCN4)c3)nc(NC3CCOCC3)nc12.CC(C)c1cnn2c(Nc3cccc(NC(=O)C4CCN4C(=O)OC(C)(C)C)c3)nc(NC3CCOCC3)nc12. The number of anilines is 8. The molecule has 2 atom stereocenters. The molecule has 4 aliphatic heterocycles. The number of carbonyl (C=O) groups excluding carboxylic acids is 3. The minimum Gasteiger partial charge on any atom is -0.444 e. The van der Waals surface area contributed by atoms with Crippen molar-refractivity contribution < 1.29 is 28.6 Å². The van der Waals surface area contributed by atoms with E-state index >= 15 is 0 Å². The van der Waals surface area contributed by atoms with Gasteiger partial charge in [0.2, 0.25) is 35.6 Å². The average molecular weight is 1000 g/mol. The average Bonchev–Trinajstić information content (AvgIpc) is 3.94. The number of ether oxygens (including phenoxy) is 3. The summed E-state index contributed by atoms with van der Waals surface area (Å²) >= 11 is 0. The first-order valence-electron chi connectivity index (χ1n) is 25.4. The normalized spacial score (nSPS) is 18.3. The summed E-state index contributed by atoms with van der Waals surface area (Å²) in [5.74, 6) is 2.41. The van der Waals surface area contributed by atoms with Crippen LogP contribution in [0.2, 0.25) is 0 Å². The summed E-state index contributed by atoms with van der Waals surface area (Å²) in [5, 5.41) is 31.8. The smallest absolute Gasteiger partial charge is 0.410 e. The van der Waals surface area contributed by atoms with Crippen molar-refractivity contribution >= 4 is 75.7 Å². The van der Waals surface area contributed by atoms with Crippen molar-refractivity contribution in [1.29, 1.82) is 0 Å². The number of carbonyl (C=O) groups is 3. The van der Waals surface area contributed by atoms with Gasteiger partial charge in [-0.05, 0) is 114 Å². The molecule has 22 nitrogen and oxygen atoms in total. The van der Waals surface area contributed by atoms with Crippen LogP contribution in [0.15, 0.2) is 60.9 Å². The number of nitrogens with zero attached hydrogens (tertiary/aromatic N) is 9. The van der Waals surface area contributed by atoms with E-state index in [0.29, 0.717) is 61.3 Å². The van der Waals surface area contributed by atoms with Gasteiger partial charge in [-0.1, -0.05) is 39.8 Å². The number of fused-ring (bicyclic) bond motifs is 2. The monoisotopic (exact) mass is 1000 g/mol. The van der Waals surface area contributed by atoms with E-state index in [1.54, 1.807) is 35.9 Å². The lowest BCUT2D eigenvalue weighted by Crippen LogP contribution is -2.57. The Bertz CT molecular complexity index is 2900. The Labute approximate surface area is 424 Å². The predicted octanol–water partition coefficient (Wildman–Crippen LogP) is 7.41. The molecule has 0 spiro atoms. The number of likely N-dealkylation sites (tertiary alicyclic amines) is 1. The second-order valence-corrected chi connectivity index (χ2v) is 20.4. The van der Waals surface area contributed by atoms with Crippen molar-refractivity contribution in [3.8, 4) is 0 Å². The van der Waals surface area contributed by atoms with Gasteiger partial charge in [0.1, 0.15) is 11.6 Å². The van der Waals surface area contributed by atoms with Crippen molar-refractivity contribution in [3.05, 3.63) is 72.1 Å². The number of aromatic nitrogens is 8. The fourth-order valence-electron chi connectivity index (χ4n) is 8.72. The zero-order chi connectivity index (χ0) is 51.2. The summed E-state index contributed by atoms with van der Waals surface area (Å²) in [4.78, 5) is 58.2. The predicted molar refractivity (Wildman–Crippen MR) is 279 cm³/mol. The van der Waals surface area contributed by atoms with Crippen LogP contribution < -0.4 is 37.2 Å². The highest BCUT2D eigenvalue weighted by Crippen LogP contribution is 2.29. The fourth-order valence-corrected chi connectivity index (χ4v) is 8.72. The molecule has 10 rings (SSSR count). The molecule has 4 aliphatic rings. The zero-order valence-corrected chi connectivity index (χ0v) is 42.7. The summed E-state index contributed by atoms with van der Waals surface area (Å²) in [7, 11) is 0. The van der Waals surface area contributed by atoms with Crippen LogP contribution in [-0.4, -0.2) is 131 Å². The maximum absolute atomic E-state index is 13.0. The first-order valence-corrected chi connectivity index (χ1v) is 25.4. The van der Waals surface area contributed by atoms with Crippen LogP contribution in [0.4, 0.5) is 51.3 Å². The molecule has 22 heteroatoms. The highest BCUT2D eigenvalue weighted by Gasteiger charge is 2.40. The van der Waals surface area contributed by atoms with E-state index in [0.717, 1.165) is 85.7 Å². The number of benzene rings is 2. The molecule has 4 aromatic heterocycles. The van der Waals surface area contributed by atoms with Crippen LogP contribution in [-0.2, 0) is 23.8 Å². The van der Waals surface area contributed by atoms with E-state index in [4.69, 9.17) is 34.1 Å². The van der Waals surface area contributed by atoms with Crippen molar-refractivity contribution in [2.24, 2.45) is 0 Å². The molecule has 4 saturated heterocycles. The lowest BCUT2D eigenvalue weighted by Gasteiger charge is -2.40. The molecule has 4 fully saturated rings. The van der Waals surface area contributed by atoms with Gasteiger partial charge < -0.3 is 51.4 Å². The summed E-state index contributed by atoms with van der Waals surface area (Å²) in [6.45, 7) is 18.2. The van der Waals surface area contributed by atoms with Gasteiger partial charge in [-0.2, -0.15) is 39.2 Å². The van der Waals surface area contributed by atoms with Gasteiger partial charge in [-0.25, -0.2) is 4.79 Å². The van der Waals surface area contributed by atoms with Gasteiger partial charge in [0.05, 0.1) is 18.4 Å². The number of amides is 3. The highest BCUT2D eigenvalue weighted by molar-refractivity contribution is 5.98. The fraction of sp³-hybridized carbons (Fsp3) is 0.510. The minimum atomic E-state index is -0.620. The van der Waals surface area contributed by atoms with Crippen molar-refractivity contribution in [3.63, 3.8) is 0 Å². The third kappa shape index (κ3) is 12.5. The van der Waals surface area contributed by atoms with Gasteiger partial charge >= 0.3 is 6.09 Å². The van der Waals surface area contributed by atoms with Gasteiger partial charge in [0.25, 0.3) is 0 Å². The summed E-state index contributed by atoms with van der Waals surface area (Å²) < 4.78 is 19.8. The third-order valence-corrected chi connectivity index (χ3v) is 13.0. The maximum Gasteiger partial charge on any atom is 0.410 e. The second-order valence-electron chi connectivity index (χ2n) is 20.4. The van der Waals surface area contributed by atoms with E-state index in [1.165, 1.54) is 4.90 Å². The van der Waals surface area contributed by atoms with Crippen LogP contribution in [0.5, 0.6) is 0 Å². The van der Waals surface area contributed by atoms with Crippen molar-refractivity contribution in [1.82, 2.24) is 49.4 Å². The molecule has 6 aromatic rings. The van der Waals surface area contributed by atoms with Crippen molar-refractivity contribution in [2.75, 3.05) is 71.4 Å². The van der Waals surface area contributed by atoms with E-state index in [2.05, 4.69) is 75.1 Å². The molecule has 3 amide bonds.